The van der Waals surface area contributed by atoms with E-state index in [0.717, 1.165) is 11.1 Å². The summed E-state index contributed by atoms with van der Waals surface area (Å²) in [5, 5.41) is 0. The monoisotopic (exact) mass is 337 g/mol. The van der Waals surface area contributed by atoms with E-state index in [0.29, 0.717) is 39.2 Å². The van der Waals surface area contributed by atoms with Gasteiger partial charge in [0.2, 0.25) is 5.91 Å². The van der Waals surface area contributed by atoms with Crippen molar-refractivity contribution in [1.29, 1.82) is 0 Å². The molecular formula is C18H27NO5. The van der Waals surface area contributed by atoms with E-state index >= 15 is 0 Å². The fraction of sp³-hybridized carbons (Fsp3) is 0.556. The molecule has 0 saturated heterocycles. The Morgan fingerprint density at radius 3 is 2.50 bits per heavy atom. The zero-order valence-electron chi connectivity index (χ0n) is 14.7. The highest BCUT2D eigenvalue weighted by Crippen LogP contribution is 2.12. The van der Waals surface area contributed by atoms with Gasteiger partial charge in [-0.05, 0) is 24.5 Å². The molecule has 0 bridgehead atoms. The summed E-state index contributed by atoms with van der Waals surface area (Å²) in [4.78, 5) is 25.6. The lowest BCUT2D eigenvalue weighted by molar-refractivity contribution is -0.147. The predicted octanol–water partition coefficient (Wildman–Crippen LogP) is 1.94. The summed E-state index contributed by atoms with van der Waals surface area (Å²) in [6.07, 6.45) is 0.934. The molecule has 0 atom stereocenters. The maximum Gasteiger partial charge on any atom is 0.325 e. The van der Waals surface area contributed by atoms with Gasteiger partial charge >= 0.3 is 5.97 Å². The fourth-order valence-corrected chi connectivity index (χ4v) is 2.17. The molecule has 0 aliphatic heterocycles. The van der Waals surface area contributed by atoms with Gasteiger partial charge in [0.05, 0.1) is 20.3 Å². The molecule has 0 aliphatic carbocycles. The van der Waals surface area contributed by atoms with Crippen LogP contribution in [-0.4, -0.2) is 57.4 Å². The number of carbonyl (C=O) groups is 2. The van der Waals surface area contributed by atoms with Crippen molar-refractivity contribution in [3.05, 3.63) is 35.4 Å². The SMILES string of the molecule is COCCOCCCC(=O)N(CC(=O)OC)Cc1ccccc1C. The van der Waals surface area contributed by atoms with Gasteiger partial charge in [-0.25, -0.2) is 0 Å². The molecule has 0 spiro atoms. The zero-order chi connectivity index (χ0) is 17.8. The van der Waals surface area contributed by atoms with Crippen molar-refractivity contribution in [3.63, 3.8) is 0 Å². The number of benzene rings is 1. The molecule has 1 aromatic rings. The third-order valence-corrected chi connectivity index (χ3v) is 3.63. The first-order valence-corrected chi connectivity index (χ1v) is 8.04. The first kappa shape index (κ1) is 20.1. The molecular weight excluding hydrogens is 310 g/mol. The lowest BCUT2D eigenvalue weighted by Crippen LogP contribution is -2.36. The Kier molecular flexibility index (Phi) is 9.72. The Balaban J connectivity index is 2.56. The fourth-order valence-electron chi connectivity index (χ4n) is 2.17. The Labute approximate surface area is 143 Å². The number of hydrogen-bond acceptors (Lipinski definition) is 5. The summed E-state index contributed by atoms with van der Waals surface area (Å²) >= 11 is 0. The van der Waals surface area contributed by atoms with E-state index in [1.165, 1.54) is 12.0 Å². The van der Waals surface area contributed by atoms with Crippen molar-refractivity contribution in [2.75, 3.05) is 40.6 Å². The third kappa shape index (κ3) is 7.57. The summed E-state index contributed by atoms with van der Waals surface area (Å²) in [7, 11) is 2.94. The lowest BCUT2D eigenvalue weighted by Gasteiger charge is -2.22. The lowest BCUT2D eigenvalue weighted by atomic mass is 10.1. The molecule has 0 aromatic heterocycles. The molecule has 1 rings (SSSR count). The third-order valence-electron chi connectivity index (χ3n) is 3.63. The Hall–Kier alpha value is -1.92. The molecule has 0 radical (unpaired) electrons. The highest BCUT2D eigenvalue weighted by molar-refractivity contribution is 5.82. The summed E-state index contributed by atoms with van der Waals surface area (Å²) in [6.45, 7) is 3.88. The van der Waals surface area contributed by atoms with E-state index in [4.69, 9.17) is 14.2 Å². The molecule has 0 fully saturated rings. The largest absolute Gasteiger partial charge is 0.468 e. The Bertz CT molecular complexity index is 518. The van der Waals surface area contributed by atoms with Gasteiger partial charge in [-0.3, -0.25) is 9.59 Å². The van der Waals surface area contributed by atoms with Gasteiger partial charge in [0.25, 0.3) is 0 Å². The number of rotatable bonds is 11. The van der Waals surface area contributed by atoms with Crippen LogP contribution in [0.2, 0.25) is 0 Å². The number of hydrogen-bond donors (Lipinski definition) is 0. The van der Waals surface area contributed by atoms with E-state index in [-0.39, 0.29) is 12.5 Å². The smallest absolute Gasteiger partial charge is 0.325 e. The molecule has 0 saturated carbocycles. The van der Waals surface area contributed by atoms with Gasteiger partial charge in [-0.1, -0.05) is 24.3 Å². The van der Waals surface area contributed by atoms with E-state index < -0.39 is 5.97 Å². The topological polar surface area (TPSA) is 65.1 Å². The van der Waals surface area contributed by atoms with Crippen LogP contribution in [0.5, 0.6) is 0 Å². The second-order valence-electron chi connectivity index (χ2n) is 5.46. The molecule has 1 aromatic carbocycles. The van der Waals surface area contributed by atoms with Crippen molar-refractivity contribution in [2.45, 2.75) is 26.3 Å². The summed E-state index contributed by atoms with van der Waals surface area (Å²) in [5.74, 6) is -0.507. The number of ether oxygens (including phenoxy) is 3. The van der Waals surface area contributed by atoms with Gasteiger partial charge in [0.1, 0.15) is 6.54 Å². The van der Waals surface area contributed by atoms with Gasteiger partial charge in [-0.15, -0.1) is 0 Å². The first-order chi connectivity index (χ1) is 11.6. The molecule has 0 aliphatic rings. The van der Waals surface area contributed by atoms with Gasteiger partial charge < -0.3 is 19.1 Å². The van der Waals surface area contributed by atoms with Crippen molar-refractivity contribution >= 4 is 11.9 Å². The van der Waals surface area contributed by atoms with Crippen molar-refractivity contribution in [2.24, 2.45) is 0 Å². The summed E-state index contributed by atoms with van der Waals surface area (Å²) in [6, 6.07) is 7.82. The van der Waals surface area contributed by atoms with Crippen molar-refractivity contribution in [3.8, 4) is 0 Å². The maximum absolute atomic E-state index is 12.4. The molecule has 24 heavy (non-hydrogen) atoms. The second-order valence-corrected chi connectivity index (χ2v) is 5.46. The van der Waals surface area contributed by atoms with E-state index in [2.05, 4.69) is 0 Å². The van der Waals surface area contributed by atoms with Crippen LogP contribution in [0.4, 0.5) is 0 Å². The summed E-state index contributed by atoms with van der Waals surface area (Å²) < 4.78 is 14.9. The molecule has 0 N–H and O–H groups in total. The molecule has 0 heterocycles. The zero-order valence-corrected chi connectivity index (χ0v) is 14.7. The minimum Gasteiger partial charge on any atom is -0.468 e. The summed E-state index contributed by atoms with van der Waals surface area (Å²) in [5.41, 5.74) is 2.11. The minimum absolute atomic E-state index is 0.0474. The number of methoxy groups -OCH3 is 2. The van der Waals surface area contributed by atoms with Gasteiger partial charge in [0, 0.05) is 26.7 Å². The Morgan fingerprint density at radius 1 is 1.08 bits per heavy atom. The van der Waals surface area contributed by atoms with Crippen LogP contribution in [0.1, 0.15) is 24.0 Å². The van der Waals surface area contributed by atoms with Gasteiger partial charge in [0.15, 0.2) is 0 Å². The average molecular weight is 337 g/mol. The van der Waals surface area contributed by atoms with E-state index in [1.807, 2.05) is 31.2 Å². The number of carbonyl (C=O) groups excluding carboxylic acids is 2. The van der Waals surface area contributed by atoms with Crippen LogP contribution in [-0.2, 0) is 30.3 Å². The highest BCUT2D eigenvalue weighted by atomic mass is 16.5. The normalized spacial score (nSPS) is 10.5. The van der Waals surface area contributed by atoms with Crippen LogP contribution in [0, 0.1) is 6.92 Å². The molecule has 6 nitrogen and oxygen atoms in total. The molecule has 6 heteroatoms. The van der Waals surface area contributed by atoms with Crippen LogP contribution < -0.4 is 0 Å². The quantitative estimate of drug-likeness (QED) is 0.456. The van der Waals surface area contributed by atoms with Crippen LogP contribution in [0.3, 0.4) is 0 Å². The average Bonchev–Trinajstić information content (AvgIpc) is 2.58. The molecule has 0 unspecified atom stereocenters. The predicted molar refractivity (Wildman–Crippen MR) is 90.5 cm³/mol. The highest BCUT2D eigenvalue weighted by Gasteiger charge is 2.18. The van der Waals surface area contributed by atoms with Crippen molar-refractivity contribution in [1.82, 2.24) is 4.90 Å². The molecule has 1 amide bonds. The first-order valence-electron chi connectivity index (χ1n) is 8.04. The van der Waals surface area contributed by atoms with E-state index in [1.54, 1.807) is 7.11 Å². The minimum atomic E-state index is -0.423. The maximum atomic E-state index is 12.4. The number of nitrogens with zero attached hydrogens (tertiary/aromatic N) is 1. The second kappa shape index (κ2) is 11.6. The van der Waals surface area contributed by atoms with E-state index in [9.17, 15) is 9.59 Å². The van der Waals surface area contributed by atoms with Crippen molar-refractivity contribution < 1.29 is 23.8 Å². The molecule has 134 valence electrons. The van der Waals surface area contributed by atoms with Crippen LogP contribution >= 0.6 is 0 Å². The number of amides is 1. The number of esters is 1. The van der Waals surface area contributed by atoms with Crippen LogP contribution in [0.15, 0.2) is 24.3 Å². The Morgan fingerprint density at radius 2 is 1.83 bits per heavy atom. The van der Waals surface area contributed by atoms with Crippen LogP contribution in [0.25, 0.3) is 0 Å². The van der Waals surface area contributed by atoms with Gasteiger partial charge in [-0.2, -0.15) is 0 Å². The number of aryl methyl sites for hydroxylation is 1. The standard InChI is InChI=1S/C18H27NO5/c1-15-7-4-5-8-16(15)13-19(14-18(21)23-3)17(20)9-6-10-24-12-11-22-2/h4-5,7-8H,6,9-14H2,1-3H3.